The van der Waals surface area contributed by atoms with Gasteiger partial charge in [-0.1, -0.05) is 25.0 Å². The van der Waals surface area contributed by atoms with Crippen LogP contribution in [-0.4, -0.2) is 29.1 Å². The minimum absolute atomic E-state index is 0.00464. The van der Waals surface area contributed by atoms with Crippen LogP contribution in [0.3, 0.4) is 0 Å². The van der Waals surface area contributed by atoms with Crippen molar-refractivity contribution in [2.24, 2.45) is 11.8 Å². The van der Waals surface area contributed by atoms with Gasteiger partial charge in [0.05, 0.1) is 27.2 Å². The topological polar surface area (TPSA) is 104 Å². The number of aromatic nitrogens is 1. The van der Waals surface area contributed by atoms with Crippen LogP contribution >= 0.6 is 11.3 Å². The number of esters is 1. The van der Waals surface area contributed by atoms with E-state index in [-0.39, 0.29) is 17.5 Å². The molecule has 6 nitrogen and oxygen atoms in total. The number of rotatable bonds is 6. The zero-order chi connectivity index (χ0) is 19.4. The van der Waals surface area contributed by atoms with E-state index in [4.69, 9.17) is 20.4 Å². The van der Waals surface area contributed by atoms with Crippen LogP contribution in [0.4, 0.5) is 0 Å². The molecule has 0 radical (unpaired) electrons. The second kappa shape index (κ2) is 8.40. The van der Waals surface area contributed by atoms with Crippen LogP contribution in [0.1, 0.15) is 43.5 Å². The van der Waals surface area contributed by atoms with E-state index in [0.717, 1.165) is 34.5 Å². The van der Waals surface area contributed by atoms with Crippen molar-refractivity contribution in [3.8, 4) is 6.07 Å². The lowest BCUT2D eigenvalue weighted by molar-refractivity contribution is -0.154. The number of para-hydroxylation sites is 1. The van der Waals surface area contributed by atoms with E-state index in [1.54, 1.807) is 17.4 Å². The zero-order valence-corrected chi connectivity index (χ0v) is 15.9. The molecular formula is C20H21N3O3S. The summed E-state index contributed by atoms with van der Waals surface area (Å²) in [5.41, 5.74) is 0.896. The Kier molecular flexibility index (Phi) is 5.97. The molecule has 7 heteroatoms. The third-order valence-corrected chi connectivity index (χ3v) is 6.11. The first kappa shape index (κ1) is 19.2. The largest absolute Gasteiger partial charge is 0.457 e. The van der Waals surface area contributed by atoms with Gasteiger partial charge < -0.3 is 10.1 Å². The highest BCUT2D eigenvalue weighted by Crippen LogP contribution is 2.41. The van der Waals surface area contributed by atoms with E-state index < -0.39 is 24.3 Å². The SMILES string of the molecule is CC(=N)C(C#N)C(=O)COC(=O)[C@@H]1CCCC[C@@H]1c1nc2ccccc2s1. The Morgan fingerprint density at radius 2 is 2.11 bits per heavy atom. The lowest BCUT2D eigenvalue weighted by atomic mass is 9.79. The number of benzene rings is 1. The zero-order valence-electron chi connectivity index (χ0n) is 15.1. The van der Waals surface area contributed by atoms with Crippen molar-refractivity contribution in [1.29, 1.82) is 10.7 Å². The van der Waals surface area contributed by atoms with Crippen LogP contribution in [0.15, 0.2) is 24.3 Å². The molecule has 1 aromatic carbocycles. The maximum atomic E-state index is 12.6. The first-order valence-corrected chi connectivity index (χ1v) is 9.82. The summed E-state index contributed by atoms with van der Waals surface area (Å²) in [6.07, 6.45) is 3.55. The van der Waals surface area contributed by atoms with E-state index >= 15 is 0 Å². The summed E-state index contributed by atoms with van der Waals surface area (Å²) in [4.78, 5) is 29.4. The first-order chi connectivity index (χ1) is 13.0. The summed E-state index contributed by atoms with van der Waals surface area (Å²) in [6.45, 7) is 0.939. The third-order valence-electron chi connectivity index (χ3n) is 4.94. The van der Waals surface area contributed by atoms with E-state index in [1.165, 1.54) is 6.92 Å². The second-order valence-electron chi connectivity index (χ2n) is 6.84. The summed E-state index contributed by atoms with van der Waals surface area (Å²) in [7, 11) is 0. The number of Topliss-reactive ketones (excluding diaryl/α,β-unsaturated/α-hetero) is 1. The van der Waals surface area contributed by atoms with Gasteiger partial charge in [-0.3, -0.25) is 9.59 Å². The number of hydrogen-bond donors (Lipinski definition) is 1. The Bertz CT molecular complexity index is 882. The molecule has 3 rings (SSSR count). The van der Waals surface area contributed by atoms with Crippen molar-refractivity contribution >= 4 is 39.0 Å². The van der Waals surface area contributed by atoms with Crippen LogP contribution < -0.4 is 0 Å². The standard InChI is InChI=1S/C20H21N3O3S/c1-12(22)15(10-21)17(24)11-26-20(25)14-7-3-2-6-13(14)19-23-16-8-4-5-9-18(16)27-19/h4-5,8-9,13-15,22H,2-3,6-7,11H2,1H3/t13-,14+,15?/m0/s1. The van der Waals surface area contributed by atoms with Gasteiger partial charge in [0.2, 0.25) is 0 Å². The van der Waals surface area contributed by atoms with Crippen LogP contribution in [0.2, 0.25) is 0 Å². The third kappa shape index (κ3) is 4.22. The van der Waals surface area contributed by atoms with Crippen LogP contribution in [-0.2, 0) is 14.3 Å². The molecule has 1 fully saturated rings. The Hall–Kier alpha value is -2.59. The highest BCUT2D eigenvalue weighted by molar-refractivity contribution is 7.18. The van der Waals surface area contributed by atoms with Crippen molar-refractivity contribution in [2.45, 2.75) is 38.5 Å². The molecule has 1 heterocycles. The Balaban J connectivity index is 1.71. The number of hydrogen-bond acceptors (Lipinski definition) is 7. The number of carbonyl (C=O) groups excluding carboxylic acids is 2. The number of nitrogens with zero attached hydrogens (tertiary/aromatic N) is 2. The van der Waals surface area contributed by atoms with Crippen molar-refractivity contribution in [2.75, 3.05) is 6.61 Å². The molecule has 0 amide bonds. The number of nitrogens with one attached hydrogen (secondary N) is 1. The lowest BCUT2D eigenvalue weighted by Gasteiger charge is -2.28. The normalized spacial score (nSPS) is 20.6. The van der Waals surface area contributed by atoms with E-state index in [1.807, 2.05) is 24.3 Å². The maximum Gasteiger partial charge on any atom is 0.310 e. The summed E-state index contributed by atoms with van der Waals surface area (Å²) in [6, 6.07) is 9.68. The molecule has 1 saturated carbocycles. The van der Waals surface area contributed by atoms with Crippen molar-refractivity contribution in [3.05, 3.63) is 29.3 Å². The van der Waals surface area contributed by atoms with Gasteiger partial charge >= 0.3 is 5.97 Å². The molecule has 27 heavy (non-hydrogen) atoms. The lowest BCUT2D eigenvalue weighted by Crippen LogP contribution is -2.31. The number of thiazole rings is 1. The second-order valence-corrected chi connectivity index (χ2v) is 7.90. The van der Waals surface area contributed by atoms with Crippen molar-refractivity contribution in [3.63, 3.8) is 0 Å². The molecule has 1 unspecified atom stereocenters. The van der Waals surface area contributed by atoms with Gasteiger partial charge in [0.15, 0.2) is 12.4 Å². The van der Waals surface area contributed by atoms with Gasteiger partial charge in [0.1, 0.15) is 5.92 Å². The summed E-state index contributed by atoms with van der Waals surface area (Å²) < 4.78 is 6.34. The molecular weight excluding hydrogens is 362 g/mol. The molecule has 0 spiro atoms. The fourth-order valence-electron chi connectivity index (χ4n) is 3.50. The van der Waals surface area contributed by atoms with Crippen LogP contribution in [0.5, 0.6) is 0 Å². The molecule has 3 atom stereocenters. The summed E-state index contributed by atoms with van der Waals surface area (Å²) in [5.74, 6) is -2.44. The summed E-state index contributed by atoms with van der Waals surface area (Å²) in [5, 5.41) is 17.4. The van der Waals surface area contributed by atoms with Gasteiger partial charge in [-0.05, 0) is 31.9 Å². The van der Waals surface area contributed by atoms with E-state index in [2.05, 4.69) is 0 Å². The molecule has 1 aliphatic carbocycles. The van der Waals surface area contributed by atoms with Gasteiger partial charge in [-0.25, -0.2) is 4.98 Å². The average molecular weight is 383 g/mol. The molecule has 140 valence electrons. The van der Waals surface area contributed by atoms with E-state index in [9.17, 15) is 9.59 Å². The number of ether oxygens (including phenoxy) is 1. The number of carbonyl (C=O) groups is 2. The molecule has 0 saturated heterocycles. The highest BCUT2D eigenvalue weighted by atomic mass is 32.1. The quantitative estimate of drug-likeness (QED) is 0.602. The minimum atomic E-state index is -1.15. The Morgan fingerprint density at radius 1 is 1.37 bits per heavy atom. The Labute approximate surface area is 161 Å². The number of ketones is 1. The molecule has 0 aliphatic heterocycles. The first-order valence-electron chi connectivity index (χ1n) is 9.00. The fraction of sp³-hybridized carbons (Fsp3) is 0.450. The monoisotopic (exact) mass is 383 g/mol. The van der Waals surface area contributed by atoms with Crippen LogP contribution in [0.25, 0.3) is 10.2 Å². The Morgan fingerprint density at radius 3 is 2.81 bits per heavy atom. The van der Waals surface area contributed by atoms with E-state index in [0.29, 0.717) is 6.42 Å². The molecule has 1 N–H and O–H groups in total. The minimum Gasteiger partial charge on any atom is -0.457 e. The van der Waals surface area contributed by atoms with Crippen LogP contribution in [0, 0.1) is 28.6 Å². The predicted octanol–water partition coefficient (Wildman–Crippen LogP) is 3.86. The number of fused-ring (bicyclic) bond motifs is 1. The molecule has 0 bridgehead atoms. The fourth-order valence-corrected chi connectivity index (χ4v) is 4.67. The smallest absolute Gasteiger partial charge is 0.310 e. The summed E-state index contributed by atoms with van der Waals surface area (Å²) >= 11 is 1.60. The number of nitriles is 1. The highest BCUT2D eigenvalue weighted by Gasteiger charge is 2.35. The van der Waals surface area contributed by atoms with Gasteiger partial charge in [0, 0.05) is 11.6 Å². The molecule has 2 aromatic rings. The predicted molar refractivity (Wildman–Crippen MR) is 103 cm³/mol. The van der Waals surface area contributed by atoms with Gasteiger partial charge in [0.25, 0.3) is 0 Å². The van der Waals surface area contributed by atoms with Crippen molar-refractivity contribution in [1.82, 2.24) is 4.98 Å². The van der Waals surface area contributed by atoms with Gasteiger partial charge in [-0.15, -0.1) is 11.3 Å². The molecule has 1 aliphatic rings. The van der Waals surface area contributed by atoms with Gasteiger partial charge in [-0.2, -0.15) is 5.26 Å². The molecule has 1 aromatic heterocycles. The average Bonchev–Trinajstić information content (AvgIpc) is 3.10. The maximum absolute atomic E-state index is 12.6. The van der Waals surface area contributed by atoms with Crippen molar-refractivity contribution < 1.29 is 14.3 Å².